The van der Waals surface area contributed by atoms with Crippen LogP contribution in [-0.4, -0.2) is 16.1 Å². The molecule has 0 fully saturated rings. The Bertz CT molecular complexity index is 1140. The van der Waals surface area contributed by atoms with Gasteiger partial charge in [-0.1, -0.05) is 12.1 Å². The van der Waals surface area contributed by atoms with E-state index in [4.69, 9.17) is 9.84 Å². The lowest BCUT2D eigenvalue weighted by molar-refractivity contribution is 0.0691. The molecular weight excluding hydrogens is 392 g/mol. The fourth-order valence-electron chi connectivity index (χ4n) is 2.64. The number of hydrogen-bond donors (Lipinski definition) is 1. The summed E-state index contributed by atoms with van der Waals surface area (Å²) in [5.74, 6) is -2.22. The van der Waals surface area contributed by atoms with Crippen molar-refractivity contribution in [3.05, 3.63) is 69.5 Å². The quantitative estimate of drug-likeness (QED) is 0.473. The lowest BCUT2D eigenvalue weighted by Gasteiger charge is -2.08. The van der Waals surface area contributed by atoms with Crippen molar-refractivity contribution in [2.24, 2.45) is 0 Å². The first-order chi connectivity index (χ1) is 13.0. The second-order valence-corrected chi connectivity index (χ2v) is 7.49. The Kier molecular flexibility index (Phi) is 4.59. The summed E-state index contributed by atoms with van der Waals surface area (Å²) < 4.78 is 34.1. The maximum atomic E-state index is 13.9. The molecule has 4 aromatic rings. The van der Waals surface area contributed by atoms with Crippen molar-refractivity contribution in [2.75, 3.05) is 0 Å². The largest absolute Gasteiger partial charge is 0.486 e. The third kappa shape index (κ3) is 3.41. The summed E-state index contributed by atoms with van der Waals surface area (Å²) in [6.45, 7) is 0.150. The fraction of sp³-hybridized carbons (Fsp3) is 0.0526. The van der Waals surface area contributed by atoms with Crippen LogP contribution in [0.5, 0.6) is 5.75 Å². The minimum Gasteiger partial charge on any atom is -0.486 e. The Morgan fingerprint density at radius 2 is 1.93 bits per heavy atom. The van der Waals surface area contributed by atoms with Crippen LogP contribution in [0.25, 0.3) is 21.2 Å². The van der Waals surface area contributed by atoms with E-state index in [1.54, 1.807) is 35.7 Å². The van der Waals surface area contributed by atoms with Gasteiger partial charge in [-0.3, -0.25) is 0 Å². The van der Waals surface area contributed by atoms with Gasteiger partial charge in [0.1, 0.15) is 17.4 Å². The van der Waals surface area contributed by atoms with Crippen molar-refractivity contribution < 1.29 is 23.4 Å². The van der Waals surface area contributed by atoms with Crippen LogP contribution in [0.4, 0.5) is 8.78 Å². The van der Waals surface area contributed by atoms with Gasteiger partial charge >= 0.3 is 5.97 Å². The predicted molar refractivity (Wildman–Crippen MR) is 101 cm³/mol. The summed E-state index contributed by atoms with van der Waals surface area (Å²) in [6, 6.07) is 9.76. The summed E-state index contributed by atoms with van der Waals surface area (Å²) in [5, 5.41) is 12.9. The number of fused-ring (bicyclic) bond motifs is 1. The molecule has 27 heavy (non-hydrogen) atoms. The number of carbonyl (C=O) groups is 1. The van der Waals surface area contributed by atoms with Gasteiger partial charge in [0.05, 0.1) is 0 Å². The summed E-state index contributed by atoms with van der Waals surface area (Å²) in [4.78, 5) is 14.8. The molecule has 0 saturated carbocycles. The monoisotopic (exact) mass is 403 g/mol. The number of carboxylic acids is 1. The molecule has 0 amide bonds. The second kappa shape index (κ2) is 7.05. The van der Waals surface area contributed by atoms with Crippen molar-refractivity contribution in [2.45, 2.75) is 6.61 Å². The molecule has 4 nitrogen and oxygen atoms in total. The average molecular weight is 403 g/mol. The van der Waals surface area contributed by atoms with E-state index in [-0.39, 0.29) is 17.7 Å². The Labute approximate surface area is 160 Å². The molecule has 0 atom stereocenters. The van der Waals surface area contributed by atoms with Crippen LogP contribution in [0.15, 0.2) is 47.2 Å². The number of benzene rings is 2. The predicted octanol–water partition coefficient (Wildman–Crippen LogP) is 5.58. The van der Waals surface area contributed by atoms with Gasteiger partial charge in [0.15, 0.2) is 17.3 Å². The van der Waals surface area contributed by atoms with E-state index in [1.165, 1.54) is 34.1 Å². The molecule has 4 rings (SSSR count). The topological polar surface area (TPSA) is 59.4 Å². The fourth-order valence-corrected chi connectivity index (χ4v) is 4.25. The number of nitrogens with zero attached hydrogens (tertiary/aromatic N) is 1. The molecule has 0 bridgehead atoms. The first kappa shape index (κ1) is 17.6. The minimum absolute atomic E-state index is 0.00718. The molecule has 2 aromatic heterocycles. The minimum atomic E-state index is -1.08. The van der Waals surface area contributed by atoms with E-state index >= 15 is 0 Å². The van der Waals surface area contributed by atoms with E-state index in [0.29, 0.717) is 21.0 Å². The van der Waals surface area contributed by atoms with Gasteiger partial charge < -0.3 is 9.84 Å². The van der Waals surface area contributed by atoms with Gasteiger partial charge in [0.25, 0.3) is 0 Å². The van der Waals surface area contributed by atoms with E-state index < -0.39 is 17.6 Å². The van der Waals surface area contributed by atoms with Crippen LogP contribution < -0.4 is 4.74 Å². The molecule has 0 spiro atoms. The van der Waals surface area contributed by atoms with Gasteiger partial charge in [-0.25, -0.2) is 18.6 Å². The van der Waals surface area contributed by atoms with Gasteiger partial charge in [-0.2, -0.15) is 0 Å². The molecule has 0 aliphatic heterocycles. The molecule has 0 unspecified atom stereocenters. The Morgan fingerprint density at radius 3 is 2.63 bits per heavy atom. The number of ether oxygens (including phenoxy) is 1. The maximum Gasteiger partial charge on any atom is 0.355 e. The van der Waals surface area contributed by atoms with Crippen LogP contribution in [-0.2, 0) is 6.61 Å². The van der Waals surface area contributed by atoms with Crippen molar-refractivity contribution >= 4 is 38.7 Å². The Morgan fingerprint density at radius 1 is 1.15 bits per heavy atom. The molecule has 0 aliphatic carbocycles. The standard InChI is InChI=1S/C19H11F2NO3S2/c20-14-7-13(18-12(17(14)21)5-6-26-18)10-1-3-11(4-2-10)25-8-16-22-15(9-27-16)19(23)24/h1-7,9H,8H2,(H,23,24). The van der Waals surface area contributed by atoms with Crippen LogP contribution in [0.3, 0.4) is 0 Å². The average Bonchev–Trinajstić information content (AvgIpc) is 3.33. The molecule has 2 aromatic carbocycles. The zero-order chi connectivity index (χ0) is 19.0. The van der Waals surface area contributed by atoms with Crippen molar-refractivity contribution in [3.8, 4) is 16.9 Å². The van der Waals surface area contributed by atoms with E-state index in [9.17, 15) is 13.6 Å². The number of hydrogen-bond acceptors (Lipinski definition) is 5. The van der Waals surface area contributed by atoms with Crippen molar-refractivity contribution in [3.63, 3.8) is 0 Å². The summed E-state index contributed by atoms with van der Waals surface area (Å²) >= 11 is 2.56. The van der Waals surface area contributed by atoms with Gasteiger partial charge in [-0.05, 0) is 35.2 Å². The zero-order valence-corrected chi connectivity index (χ0v) is 15.2. The van der Waals surface area contributed by atoms with Crippen LogP contribution in [0, 0.1) is 11.6 Å². The third-order valence-corrected chi connectivity index (χ3v) is 5.70. The lowest BCUT2D eigenvalue weighted by atomic mass is 10.0. The molecular formula is C19H11F2NO3S2. The highest BCUT2D eigenvalue weighted by molar-refractivity contribution is 7.17. The second-order valence-electron chi connectivity index (χ2n) is 5.63. The number of carboxylic acid groups (broad SMARTS) is 1. The summed E-state index contributed by atoms with van der Waals surface area (Å²) in [5.41, 5.74) is 1.36. The van der Waals surface area contributed by atoms with Crippen LogP contribution >= 0.6 is 22.7 Å². The highest BCUT2D eigenvalue weighted by Gasteiger charge is 2.14. The zero-order valence-electron chi connectivity index (χ0n) is 13.6. The van der Waals surface area contributed by atoms with Crippen molar-refractivity contribution in [1.82, 2.24) is 4.98 Å². The number of halogens is 2. The van der Waals surface area contributed by atoms with Gasteiger partial charge in [0.2, 0.25) is 0 Å². The molecule has 2 heterocycles. The summed E-state index contributed by atoms with van der Waals surface area (Å²) in [7, 11) is 0. The highest BCUT2D eigenvalue weighted by atomic mass is 32.1. The smallest absolute Gasteiger partial charge is 0.355 e. The molecule has 0 saturated heterocycles. The number of thiazole rings is 1. The summed E-state index contributed by atoms with van der Waals surface area (Å²) in [6.07, 6.45) is 0. The number of rotatable bonds is 5. The SMILES string of the molecule is O=C(O)c1csc(COc2ccc(-c3cc(F)c(F)c4ccsc34)cc2)n1. The van der Waals surface area contributed by atoms with Crippen molar-refractivity contribution in [1.29, 1.82) is 0 Å². The van der Waals surface area contributed by atoms with Crippen LogP contribution in [0.2, 0.25) is 0 Å². The first-order valence-electron chi connectivity index (χ1n) is 7.79. The molecule has 1 N–H and O–H groups in total. The molecule has 0 radical (unpaired) electrons. The molecule has 8 heteroatoms. The highest BCUT2D eigenvalue weighted by Crippen LogP contribution is 2.36. The Balaban J connectivity index is 1.55. The molecule has 136 valence electrons. The first-order valence-corrected chi connectivity index (χ1v) is 9.55. The normalized spacial score (nSPS) is 11.0. The lowest BCUT2D eigenvalue weighted by Crippen LogP contribution is -1.99. The van der Waals surface area contributed by atoms with E-state index in [1.807, 2.05) is 0 Å². The van der Waals surface area contributed by atoms with E-state index in [0.717, 1.165) is 5.56 Å². The van der Waals surface area contributed by atoms with Gasteiger partial charge in [0, 0.05) is 21.0 Å². The van der Waals surface area contributed by atoms with E-state index in [2.05, 4.69) is 4.98 Å². The number of aromatic carboxylic acids is 1. The van der Waals surface area contributed by atoms with Crippen LogP contribution in [0.1, 0.15) is 15.5 Å². The number of aromatic nitrogens is 1. The Hall–Kier alpha value is -2.84. The molecule has 0 aliphatic rings. The number of thiophene rings is 1. The third-order valence-electron chi connectivity index (χ3n) is 3.93. The van der Waals surface area contributed by atoms with Gasteiger partial charge in [-0.15, -0.1) is 22.7 Å². The maximum absolute atomic E-state index is 13.9.